The summed E-state index contributed by atoms with van der Waals surface area (Å²) in [7, 11) is 1.52. The van der Waals surface area contributed by atoms with Crippen LogP contribution in [0.5, 0.6) is 0 Å². The summed E-state index contributed by atoms with van der Waals surface area (Å²) in [6.07, 6.45) is 1.52. The van der Waals surface area contributed by atoms with Crippen molar-refractivity contribution in [3.8, 4) is 0 Å². The van der Waals surface area contributed by atoms with E-state index in [1.165, 1.54) is 13.2 Å². The Morgan fingerprint density at radius 1 is 1.50 bits per heavy atom. The number of amides is 2. The van der Waals surface area contributed by atoms with Crippen LogP contribution in [0.3, 0.4) is 0 Å². The molecule has 2 amide bonds. The van der Waals surface area contributed by atoms with Crippen LogP contribution in [-0.2, 0) is 4.79 Å². The van der Waals surface area contributed by atoms with Gasteiger partial charge in [0.25, 0.3) is 5.91 Å². The predicted octanol–water partition coefficient (Wildman–Crippen LogP) is 0.708. The summed E-state index contributed by atoms with van der Waals surface area (Å²) in [6.45, 7) is 1.62. The second kappa shape index (κ2) is 5.60. The van der Waals surface area contributed by atoms with Crippen LogP contribution in [0.1, 0.15) is 17.3 Å². The van der Waals surface area contributed by atoms with Gasteiger partial charge in [0.2, 0.25) is 5.91 Å². The molecule has 0 saturated heterocycles. The van der Waals surface area contributed by atoms with Gasteiger partial charge in [0.05, 0.1) is 0 Å². The Bertz CT molecular complexity index is 409. The predicted molar refractivity (Wildman–Crippen MR) is 62.9 cm³/mol. The van der Waals surface area contributed by atoms with Crippen molar-refractivity contribution in [2.24, 2.45) is 0 Å². The van der Waals surface area contributed by atoms with E-state index in [-0.39, 0.29) is 11.8 Å². The van der Waals surface area contributed by atoms with Crippen LogP contribution in [0.2, 0.25) is 0 Å². The third-order valence-electron chi connectivity index (χ3n) is 1.98. The highest BCUT2D eigenvalue weighted by atomic mass is 79.9. The summed E-state index contributed by atoms with van der Waals surface area (Å²) in [6, 6.07) is 2.60. The van der Waals surface area contributed by atoms with Crippen molar-refractivity contribution < 1.29 is 9.59 Å². The Morgan fingerprint density at radius 3 is 2.75 bits per heavy atom. The highest BCUT2D eigenvalue weighted by molar-refractivity contribution is 9.10. The number of hydrogen-bond donors (Lipinski definition) is 2. The van der Waals surface area contributed by atoms with Gasteiger partial charge in [0.1, 0.15) is 10.6 Å². The lowest BCUT2D eigenvalue weighted by Crippen LogP contribution is -2.43. The number of pyridine rings is 1. The van der Waals surface area contributed by atoms with Crippen LogP contribution in [0.4, 0.5) is 0 Å². The highest BCUT2D eigenvalue weighted by Crippen LogP contribution is 2.07. The minimum absolute atomic E-state index is 0.235. The minimum atomic E-state index is -0.565. The summed E-state index contributed by atoms with van der Waals surface area (Å²) in [5, 5.41) is 5.03. The van der Waals surface area contributed by atoms with Gasteiger partial charge in [-0.15, -0.1) is 0 Å². The number of carbonyl (C=O) groups is 2. The lowest BCUT2D eigenvalue weighted by Gasteiger charge is -2.12. The zero-order chi connectivity index (χ0) is 12.1. The molecule has 0 radical (unpaired) electrons. The maximum atomic E-state index is 11.7. The first-order valence-electron chi connectivity index (χ1n) is 4.68. The SMILES string of the molecule is CNC(=O)C(C)NC(=O)c1ccnc(Br)c1. The Balaban J connectivity index is 2.69. The van der Waals surface area contributed by atoms with E-state index in [9.17, 15) is 9.59 Å². The summed E-state index contributed by atoms with van der Waals surface area (Å²) in [5.41, 5.74) is 0.456. The molecule has 0 aliphatic rings. The molecular weight excluding hydrogens is 274 g/mol. The second-order valence-corrected chi connectivity index (χ2v) is 3.99. The van der Waals surface area contributed by atoms with Crippen molar-refractivity contribution >= 4 is 27.7 Å². The van der Waals surface area contributed by atoms with Gasteiger partial charge >= 0.3 is 0 Å². The van der Waals surface area contributed by atoms with Gasteiger partial charge in [-0.1, -0.05) is 0 Å². The summed E-state index contributed by atoms with van der Waals surface area (Å²) < 4.78 is 0.577. The maximum Gasteiger partial charge on any atom is 0.252 e. The van der Waals surface area contributed by atoms with Crippen molar-refractivity contribution in [2.45, 2.75) is 13.0 Å². The molecule has 0 bridgehead atoms. The van der Waals surface area contributed by atoms with Crippen LogP contribution in [-0.4, -0.2) is 29.9 Å². The maximum absolute atomic E-state index is 11.7. The smallest absolute Gasteiger partial charge is 0.252 e. The average molecular weight is 286 g/mol. The molecule has 6 heteroatoms. The Morgan fingerprint density at radius 2 is 2.19 bits per heavy atom. The molecule has 0 spiro atoms. The van der Waals surface area contributed by atoms with E-state index in [0.29, 0.717) is 10.2 Å². The molecule has 1 unspecified atom stereocenters. The molecule has 16 heavy (non-hydrogen) atoms. The molecule has 0 aliphatic heterocycles. The molecule has 0 fully saturated rings. The Hall–Kier alpha value is -1.43. The second-order valence-electron chi connectivity index (χ2n) is 3.18. The van der Waals surface area contributed by atoms with Gasteiger partial charge in [-0.2, -0.15) is 0 Å². The number of halogens is 1. The van der Waals surface area contributed by atoms with E-state index in [1.807, 2.05) is 0 Å². The van der Waals surface area contributed by atoms with Crippen molar-refractivity contribution in [1.82, 2.24) is 15.6 Å². The van der Waals surface area contributed by atoms with E-state index in [4.69, 9.17) is 0 Å². The Kier molecular flexibility index (Phi) is 4.42. The topological polar surface area (TPSA) is 71.1 Å². The molecule has 0 saturated carbocycles. The molecule has 1 heterocycles. The molecule has 1 rings (SSSR count). The zero-order valence-corrected chi connectivity index (χ0v) is 10.5. The van der Waals surface area contributed by atoms with Gasteiger partial charge in [0.15, 0.2) is 0 Å². The molecule has 1 atom stereocenters. The summed E-state index contributed by atoms with van der Waals surface area (Å²) in [5.74, 6) is -0.541. The number of hydrogen-bond acceptors (Lipinski definition) is 3. The number of rotatable bonds is 3. The van der Waals surface area contributed by atoms with E-state index >= 15 is 0 Å². The Labute approximate surface area is 102 Å². The summed E-state index contributed by atoms with van der Waals surface area (Å²) >= 11 is 3.17. The standard InChI is InChI=1S/C10H12BrN3O2/c1-6(9(15)12-2)14-10(16)7-3-4-13-8(11)5-7/h3-6H,1-2H3,(H,12,15)(H,14,16). The number of nitrogens with zero attached hydrogens (tertiary/aromatic N) is 1. The fourth-order valence-corrected chi connectivity index (χ4v) is 1.47. The normalized spacial score (nSPS) is 11.7. The average Bonchev–Trinajstić information content (AvgIpc) is 2.27. The van der Waals surface area contributed by atoms with Gasteiger partial charge in [-0.25, -0.2) is 4.98 Å². The molecule has 5 nitrogen and oxygen atoms in total. The van der Waals surface area contributed by atoms with Gasteiger partial charge in [-0.3, -0.25) is 9.59 Å². The lowest BCUT2D eigenvalue weighted by atomic mass is 10.2. The molecule has 0 aliphatic carbocycles. The fraction of sp³-hybridized carbons (Fsp3) is 0.300. The van der Waals surface area contributed by atoms with E-state index in [0.717, 1.165) is 0 Å². The molecule has 2 N–H and O–H groups in total. The van der Waals surface area contributed by atoms with Crippen molar-refractivity contribution in [2.75, 3.05) is 7.05 Å². The third-order valence-corrected chi connectivity index (χ3v) is 2.41. The first kappa shape index (κ1) is 12.6. The minimum Gasteiger partial charge on any atom is -0.357 e. The number of nitrogens with one attached hydrogen (secondary N) is 2. The summed E-state index contributed by atoms with van der Waals surface area (Å²) in [4.78, 5) is 26.8. The molecule has 86 valence electrons. The van der Waals surface area contributed by atoms with Crippen LogP contribution in [0, 0.1) is 0 Å². The fourth-order valence-electron chi connectivity index (χ4n) is 1.11. The molecular formula is C10H12BrN3O2. The third kappa shape index (κ3) is 3.30. The first-order chi connectivity index (χ1) is 7.54. The lowest BCUT2D eigenvalue weighted by molar-refractivity contribution is -0.122. The number of carbonyl (C=O) groups excluding carboxylic acids is 2. The largest absolute Gasteiger partial charge is 0.357 e. The van der Waals surface area contributed by atoms with Crippen molar-refractivity contribution in [1.29, 1.82) is 0 Å². The number of aromatic nitrogens is 1. The van der Waals surface area contributed by atoms with Crippen molar-refractivity contribution in [3.05, 3.63) is 28.5 Å². The highest BCUT2D eigenvalue weighted by Gasteiger charge is 2.15. The van der Waals surface area contributed by atoms with Crippen LogP contribution >= 0.6 is 15.9 Å². The van der Waals surface area contributed by atoms with E-state index < -0.39 is 6.04 Å². The van der Waals surface area contributed by atoms with Crippen LogP contribution in [0.25, 0.3) is 0 Å². The van der Waals surface area contributed by atoms with Gasteiger partial charge < -0.3 is 10.6 Å². The quantitative estimate of drug-likeness (QED) is 0.804. The van der Waals surface area contributed by atoms with Crippen LogP contribution < -0.4 is 10.6 Å². The molecule has 0 aromatic carbocycles. The first-order valence-corrected chi connectivity index (χ1v) is 5.48. The molecule has 1 aromatic heterocycles. The van der Waals surface area contributed by atoms with Gasteiger partial charge in [0, 0.05) is 18.8 Å². The zero-order valence-electron chi connectivity index (χ0n) is 8.95. The monoisotopic (exact) mass is 285 g/mol. The van der Waals surface area contributed by atoms with E-state index in [2.05, 4.69) is 31.5 Å². The number of likely N-dealkylation sites (N-methyl/N-ethyl adjacent to an activating group) is 1. The molecule has 1 aromatic rings. The van der Waals surface area contributed by atoms with Crippen LogP contribution in [0.15, 0.2) is 22.9 Å². The van der Waals surface area contributed by atoms with E-state index in [1.54, 1.807) is 19.1 Å². The van der Waals surface area contributed by atoms with Gasteiger partial charge in [-0.05, 0) is 35.0 Å². The van der Waals surface area contributed by atoms with Crippen molar-refractivity contribution in [3.63, 3.8) is 0 Å².